The fraction of sp³-hybridized carbons (Fsp3) is 0.444. The van der Waals surface area contributed by atoms with E-state index in [-0.39, 0.29) is 0 Å². The highest BCUT2D eigenvalue weighted by molar-refractivity contribution is 5.51. The number of benzene rings is 1. The summed E-state index contributed by atoms with van der Waals surface area (Å²) in [5, 5.41) is 0. The molecule has 3 aliphatic carbocycles. The van der Waals surface area contributed by atoms with Gasteiger partial charge in [0, 0.05) is 0 Å². The smallest absolute Gasteiger partial charge is 0.0105 e. The molecule has 3 aliphatic rings. The van der Waals surface area contributed by atoms with Crippen molar-refractivity contribution in [2.24, 2.45) is 23.2 Å². The zero-order valence-corrected chi connectivity index (χ0v) is 11.0. The van der Waals surface area contributed by atoms with E-state index in [1.54, 1.807) is 0 Å². The molecule has 4 rings (SSSR count). The summed E-state index contributed by atoms with van der Waals surface area (Å²) >= 11 is 0. The van der Waals surface area contributed by atoms with E-state index in [1.165, 1.54) is 30.4 Å². The lowest BCUT2D eigenvalue weighted by atomic mass is 9.79. The van der Waals surface area contributed by atoms with E-state index in [9.17, 15) is 0 Å². The standard InChI is InChI=1S/C18H20/c1-13-2-4-14(5-3-13)6-9-17-15-7-8-16(12-15)18(17)10-11-18/h2-9,15-17H,10-12H2,1H3. The van der Waals surface area contributed by atoms with Gasteiger partial charge in [0.05, 0.1) is 0 Å². The summed E-state index contributed by atoms with van der Waals surface area (Å²) < 4.78 is 0. The molecule has 0 heteroatoms. The third-order valence-corrected chi connectivity index (χ3v) is 5.38. The summed E-state index contributed by atoms with van der Waals surface area (Å²) in [5.41, 5.74) is 3.37. The van der Waals surface area contributed by atoms with E-state index in [2.05, 4.69) is 55.5 Å². The average Bonchev–Trinajstić information content (AvgIpc) is 2.92. The lowest BCUT2D eigenvalue weighted by Crippen LogP contribution is -2.18. The molecule has 0 amide bonds. The lowest BCUT2D eigenvalue weighted by Gasteiger charge is -2.25. The molecule has 92 valence electrons. The number of rotatable bonds is 2. The highest BCUT2D eigenvalue weighted by Gasteiger charge is 2.61. The SMILES string of the molecule is Cc1ccc(C=CC2C3C=CC(C3)C23CC3)cc1. The zero-order valence-electron chi connectivity index (χ0n) is 11.0. The molecule has 3 unspecified atom stereocenters. The Morgan fingerprint density at radius 3 is 2.61 bits per heavy atom. The van der Waals surface area contributed by atoms with E-state index in [0.29, 0.717) is 5.41 Å². The third-order valence-electron chi connectivity index (χ3n) is 5.38. The van der Waals surface area contributed by atoms with Gasteiger partial charge in [0.15, 0.2) is 0 Å². The lowest BCUT2D eigenvalue weighted by molar-refractivity contribution is 0.344. The molecular formula is C18H20. The summed E-state index contributed by atoms with van der Waals surface area (Å²) in [6, 6.07) is 8.86. The van der Waals surface area contributed by atoms with Crippen molar-refractivity contribution in [1.82, 2.24) is 0 Å². The molecule has 0 saturated heterocycles. The van der Waals surface area contributed by atoms with E-state index in [4.69, 9.17) is 0 Å². The maximum Gasteiger partial charge on any atom is -0.0105 e. The Morgan fingerprint density at radius 1 is 1.11 bits per heavy atom. The van der Waals surface area contributed by atoms with Gasteiger partial charge in [-0.15, -0.1) is 0 Å². The first-order valence-electron chi connectivity index (χ1n) is 7.21. The molecule has 18 heavy (non-hydrogen) atoms. The Balaban J connectivity index is 1.58. The van der Waals surface area contributed by atoms with Gasteiger partial charge in [-0.25, -0.2) is 0 Å². The zero-order chi connectivity index (χ0) is 12.2. The van der Waals surface area contributed by atoms with Gasteiger partial charge in [-0.2, -0.15) is 0 Å². The van der Waals surface area contributed by atoms with Crippen LogP contribution in [0.3, 0.4) is 0 Å². The van der Waals surface area contributed by atoms with Gasteiger partial charge >= 0.3 is 0 Å². The maximum absolute atomic E-state index is 2.51. The highest BCUT2D eigenvalue weighted by Crippen LogP contribution is 2.69. The molecule has 0 nitrogen and oxygen atoms in total. The van der Waals surface area contributed by atoms with Crippen molar-refractivity contribution < 1.29 is 0 Å². The van der Waals surface area contributed by atoms with Crippen molar-refractivity contribution in [1.29, 1.82) is 0 Å². The van der Waals surface area contributed by atoms with Gasteiger partial charge in [-0.1, -0.05) is 54.1 Å². The fourth-order valence-electron chi connectivity index (χ4n) is 4.17. The van der Waals surface area contributed by atoms with Crippen LogP contribution in [0.25, 0.3) is 6.08 Å². The number of fused-ring (bicyclic) bond motifs is 3. The minimum Gasteiger partial charge on any atom is -0.0845 e. The van der Waals surface area contributed by atoms with Gasteiger partial charge in [-0.05, 0) is 54.9 Å². The van der Waals surface area contributed by atoms with E-state index >= 15 is 0 Å². The van der Waals surface area contributed by atoms with Gasteiger partial charge < -0.3 is 0 Å². The highest BCUT2D eigenvalue weighted by atomic mass is 14.6. The molecule has 2 saturated carbocycles. The van der Waals surface area contributed by atoms with Gasteiger partial charge in [-0.3, -0.25) is 0 Å². The van der Waals surface area contributed by atoms with Crippen LogP contribution in [0, 0.1) is 30.1 Å². The topological polar surface area (TPSA) is 0 Å². The molecule has 0 N–H and O–H groups in total. The van der Waals surface area contributed by atoms with Crippen molar-refractivity contribution >= 4 is 6.08 Å². The van der Waals surface area contributed by atoms with Gasteiger partial charge in [0.25, 0.3) is 0 Å². The van der Waals surface area contributed by atoms with Crippen LogP contribution in [-0.4, -0.2) is 0 Å². The van der Waals surface area contributed by atoms with Crippen LogP contribution in [0.1, 0.15) is 30.4 Å². The van der Waals surface area contributed by atoms with Crippen LogP contribution in [0.5, 0.6) is 0 Å². The largest absolute Gasteiger partial charge is 0.0845 e. The Morgan fingerprint density at radius 2 is 1.89 bits per heavy atom. The molecule has 1 spiro atoms. The van der Waals surface area contributed by atoms with Crippen LogP contribution in [-0.2, 0) is 0 Å². The fourth-order valence-corrected chi connectivity index (χ4v) is 4.17. The monoisotopic (exact) mass is 236 g/mol. The number of allylic oxidation sites excluding steroid dienone is 3. The normalized spacial score (nSPS) is 34.8. The summed E-state index contributed by atoms with van der Waals surface area (Å²) in [6.45, 7) is 2.15. The third kappa shape index (κ3) is 1.44. The van der Waals surface area contributed by atoms with Crippen molar-refractivity contribution in [3.8, 4) is 0 Å². The molecule has 3 atom stereocenters. The molecular weight excluding hydrogens is 216 g/mol. The first-order valence-corrected chi connectivity index (χ1v) is 7.21. The second-order valence-corrected chi connectivity index (χ2v) is 6.42. The van der Waals surface area contributed by atoms with E-state index in [0.717, 1.165) is 17.8 Å². The van der Waals surface area contributed by atoms with Crippen molar-refractivity contribution in [2.75, 3.05) is 0 Å². The van der Waals surface area contributed by atoms with E-state index < -0.39 is 0 Å². The Hall–Kier alpha value is -1.30. The van der Waals surface area contributed by atoms with Crippen molar-refractivity contribution in [2.45, 2.75) is 26.2 Å². The predicted octanol–water partition coefficient (Wildman–Crippen LogP) is 4.61. The van der Waals surface area contributed by atoms with Crippen LogP contribution in [0.15, 0.2) is 42.5 Å². The second kappa shape index (κ2) is 3.60. The Bertz CT molecular complexity index is 513. The van der Waals surface area contributed by atoms with Crippen LogP contribution in [0.4, 0.5) is 0 Å². The Kier molecular flexibility index (Phi) is 2.12. The first kappa shape index (κ1) is 10.6. The second-order valence-electron chi connectivity index (χ2n) is 6.42. The number of hydrogen-bond acceptors (Lipinski definition) is 0. The number of aryl methyl sites for hydroxylation is 1. The molecule has 0 radical (unpaired) electrons. The van der Waals surface area contributed by atoms with Gasteiger partial charge in [0.2, 0.25) is 0 Å². The molecule has 0 aliphatic heterocycles. The van der Waals surface area contributed by atoms with Crippen molar-refractivity contribution in [3.05, 3.63) is 53.6 Å². The minimum atomic E-state index is 0.681. The number of hydrogen-bond donors (Lipinski definition) is 0. The van der Waals surface area contributed by atoms with Crippen LogP contribution < -0.4 is 0 Å². The summed E-state index contributed by atoms with van der Waals surface area (Å²) in [7, 11) is 0. The molecule has 1 aromatic carbocycles. The van der Waals surface area contributed by atoms with Crippen molar-refractivity contribution in [3.63, 3.8) is 0 Å². The first-order chi connectivity index (χ1) is 8.78. The van der Waals surface area contributed by atoms with Gasteiger partial charge in [0.1, 0.15) is 0 Å². The molecule has 1 aromatic rings. The molecule has 0 aromatic heterocycles. The molecule has 2 bridgehead atoms. The maximum atomic E-state index is 2.51. The van der Waals surface area contributed by atoms with Crippen LogP contribution in [0.2, 0.25) is 0 Å². The quantitative estimate of drug-likeness (QED) is 0.658. The predicted molar refractivity (Wildman–Crippen MR) is 76.1 cm³/mol. The molecule has 2 fully saturated rings. The van der Waals surface area contributed by atoms with Crippen LogP contribution >= 0.6 is 0 Å². The Labute approximate surface area is 109 Å². The summed E-state index contributed by atoms with van der Waals surface area (Å²) in [5.74, 6) is 2.54. The van der Waals surface area contributed by atoms with E-state index in [1.807, 2.05) is 0 Å². The minimum absolute atomic E-state index is 0.681. The molecule has 0 heterocycles. The summed E-state index contributed by atoms with van der Waals surface area (Å²) in [4.78, 5) is 0. The summed E-state index contributed by atoms with van der Waals surface area (Å²) in [6.07, 6.45) is 14.2. The average molecular weight is 236 g/mol.